The molecule has 0 unspecified atom stereocenters. The lowest BCUT2D eigenvalue weighted by atomic mass is 9.84. The average Bonchev–Trinajstić information content (AvgIpc) is 2.47. The maximum Gasteiger partial charge on any atom is 0.271 e. The molecule has 0 spiro atoms. The molecule has 0 saturated heterocycles. The number of benzene rings is 1. The number of rotatable bonds is 4. The first kappa shape index (κ1) is 17.1. The number of amides is 1. The lowest BCUT2D eigenvalue weighted by molar-refractivity contribution is 0.0941. The molecule has 1 heterocycles. The Morgan fingerprint density at radius 1 is 1.18 bits per heavy atom. The Kier molecular flexibility index (Phi) is 5.32. The van der Waals surface area contributed by atoms with Gasteiger partial charge in [0.15, 0.2) is 0 Å². The van der Waals surface area contributed by atoms with E-state index in [2.05, 4.69) is 10.3 Å². The molecule has 116 valence electrons. The Hall–Kier alpha value is -1.29. The zero-order valence-electron chi connectivity index (χ0n) is 12.2. The second-order valence-electron chi connectivity index (χ2n) is 5.54. The number of hydrogen-bond acceptors (Lipinski definition) is 2. The minimum absolute atomic E-state index is 0.121. The molecule has 0 atom stereocenters. The number of pyridine rings is 1. The van der Waals surface area contributed by atoms with Gasteiger partial charge in [-0.25, -0.2) is 4.98 Å². The zero-order valence-corrected chi connectivity index (χ0v) is 14.4. The predicted molar refractivity (Wildman–Crippen MR) is 91.1 cm³/mol. The van der Waals surface area contributed by atoms with Crippen molar-refractivity contribution in [1.29, 1.82) is 0 Å². The Morgan fingerprint density at radius 2 is 1.91 bits per heavy atom. The quantitative estimate of drug-likeness (QED) is 0.802. The van der Waals surface area contributed by atoms with Crippen LogP contribution in [0.5, 0.6) is 0 Å². The average molecular weight is 358 g/mol. The van der Waals surface area contributed by atoms with E-state index >= 15 is 0 Å². The van der Waals surface area contributed by atoms with Crippen LogP contribution >= 0.6 is 34.8 Å². The van der Waals surface area contributed by atoms with E-state index in [-0.39, 0.29) is 27.2 Å². The Bertz CT molecular complexity index is 702. The van der Waals surface area contributed by atoms with Gasteiger partial charge in [0.2, 0.25) is 0 Å². The molecule has 0 aliphatic heterocycles. The van der Waals surface area contributed by atoms with E-state index in [9.17, 15) is 4.79 Å². The molecule has 0 radical (unpaired) electrons. The van der Waals surface area contributed by atoms with Crippen LogP contribution in [0.3, 0.4) is 0 Å². The molecule has 1 aromatic carbocycles. The van der Waals surface area contributed by atoms with Crippen molar-refractivity contribution in [2.75, 3.05) is 6.54 Å². The Balaban J connectivity index is 2.11. The molecule has 22 heavy (non-hydrogen) atoms. The summed E-state index contributed by atoms with van der Waals surface area (Å²) in [7, 11) is 0. The van der Waals surface area contributed by atoms with Crippen molar-refractivity contribution in [1.82, 2.24) is 10.3 Å². The van der Waals surface area contributed by atoms with Crippen LogP contribution in [0.15, 0.2) is 36.4 Å². The van der Waals surface area contributed by atoms with Crippen molar-refractivity contribution in [3.63, 3.8) is 0 Å². The molecule has 3 nitrogen and oxygen atoms in total. The normalized spacial score (nSPS) is 11.3. The largest absolute Gasteiger partial charge is 0.350 e. The summed E-state index contributed by atoms with van der Waals surface area (Å²) in [5, 5.41) is 3.99. The van der Waals surface area contributed by atoms with E-state index in [0.29, 0.717) is 11.6 Å². The van der Waals surface area contributed by atoms with E-state index in [4.69, 9.17) is 34.8 Å². The maximum absolute atomic E-state index is 12.2. The topological polar surface area (TPSA) is 42.0 Å². The van der Waals surface area contributed by atoms with Gasteiger partial charge in [-0.3, -0.25) is 4.79 Å². The van der Waals surface area contributed by atoms with Gasteiger partial charge in [-0.15, -0.1) is 0 Å². The number of carbonyl (C=O) groups is 1. The fourth-order valence-corrected chi connectivity index (χ4v) is 2.50. The SMILES string of the molecule is CC(C)(CNC(=O)c1nc(Cl)ccc1Cl)c1cccc(Cl)c1. The van der Waals surface area contributed by atoms with E-state index in [1.165, 1.54) is 6.07 Å². The van der Waals surface area contributed by atoms with Gasteiger partial charge in [0, 0.05) is 17.0 Å². The van der Waals surface area contributed by atoms with Crippen LogP contribution in [-0.2, 0) is 5.41 Å². The highest BCUT2D eigenvalue weighted by atomic mass is 35.5. The second kappa shape index (κ2) is 6.86. The standard InChI is InChI=1S/C16H15Cl3N2O/c1-16(2,10-4-3-5-11(17)8-10)9-20-15(22)14-12(18)6-7-13(19)21-14/h3-8H,9H2,1-2H3,(H,20,22). The van der Waals surface area contributed by atoms with Crippen molar-refractivity contribution in [2.24, 2.45) is 0 Å². The molecule has 1 aromatic heterocycles. The molecule has 0 saturated carbocycles. The number of aromatic nitrogens is 1. The van der Waals surface area contributed by atoms with Crippen molar-refractivity contribution in [3.8, 4) is 0 Å². The first-order valence-corrected chi connectivity index (χ1v) is 7.79. The number of nitrogens with one attached hydrogen (secondary N) is 1. The molecule has 2 rings (SSSR count). The number of hydrogen-bond donors (Lipinski definition) is 1. The molecular weight excluding hydrogens is 343 g/mol. The fraction of sp³-hybridized carbons (Fsp3) is 0.250. The summed E-state index contributed by atoms with van der Waals surface area (Å²) >= 11 is 17.8. The smallest absolute Gasteiger partial charge is 0.271 e. The van der Waals surface area contributed by atoms with Gasteiger partial charge in [-0.05, 0) is 29.8 Å². The molecule has 0 aliphatic rings. The van der Waals surface area contributed by atoms with Crippen molar-refractivity contribution >= 4 is 40.7 Å². The first-order valence-electron chi connectivity index (χ1n) is 6.66. The second-order valence-corrected chi connectivity index (χ2v) is 6.77. The first-order chi connectivity index (χ1) is 10.3. The van der Waals surface area contributed by atoms with E-state index in [1.54, 1.807) is 6.07 Å². The van der Waals surface area contributed by atoms with E-state index < -0.39 is 0 Å². The Morgan fingerprint density at radius 3 is 2.59 bits per heavy atom. The maximum atomic E-state index is 12.2. The van der Waals surface area contributed by atoms with Gasteiger partial charge in [0.05, 0.1) is 5.02 Å². The number of carbonyl (C=O) groups excluding carboxylic acids is 1. The highest BCUT2D eigenvalue weighted by molar-refractivity contribution is 6.34. The summed E-state index contributed by atoms with van der Waals surface area (Å²) < 4.78 is 0. The van der Waals surface area contributed by atoms with E-state index in [1.807, 2.05) is 38.1 Å². The van der Waals surface area contributed by atoms with Crippen molar-refractivity contribution in [3.05, 3.63) is 62.9 Å². The van der Waals surface area contributed by atoms with Gasteiger partial charge in [0.1, 0.15) is 10.8 Å². The summed E-state index contributed by atoms with van der Waals surface area (Å²) in [6.07, 6.45) is 0. The molecule has 0 aliphatic carbocycles. The van der Waals surface area contributed by atoms with Gasteiger partial charge in [0.25, 0.3) is 5.91 Å². The summed E-state index contributed by atoms with van der Waals surface area (Å²) in [6.45, 7) is 4.45. The van der Waals surface area contributed by atoms with Gasteiger partial charge in [-0.2, -0.15) is 0 Å². The molecule has 0 bridgehead atoms. The lowest BCUT2D eigenvalue weighted by Crippen LogP contribution is -2.37. The molecule has 2 aromatic rings. The molecular formula is C16H15Cl3N2O. The third-order valence-corrected chi connectivity index (χ3v) is 4.07. The fourth-order valence-electron chi connectivity index (χ4n) is 1.97. The summed E-state index contributed by atoms with van der Waals surface area (Å²) in [5.74, 6) is -0.359. The van der Waals surface area contributed by atoms with Crippen LogP contribution in [0, 0.1) is 0 Å². The molecule has 0 fully saturated rings. The molecule has 6 heteroatoms. The molecule has 1 N–H and O–H groups in total. The summed E-state index contributed by atoms with van der Waals surface area (Å²) in [5.41, 5.74) is 0.868. The predicted octanol–water partition coefficient (Wildman–Crippen LogP) is 4.75. The van der Waals surface area contributed by atoms with Gasteiger partial charge < -0.3 is 5.32 Å². The minimum Gasteiger partial charge on any atom is -0.350 e. The van der Waals surface area contributed by atoms with Crippen LogP contribution in [0.25, 0.3) is 0 Å². The van der Waals surface area contributed by atoms with Gasteiger partial charge in [-0.1, -0.05) is 60.8 Å². The number of halogens is 3. The third kappa shape index (κ3) is 4.13. The van der Waals surface area contributed by atoms with Crippen LogP contribution < -0.4 is 5.32 Å². The summed E-state index contributed by atoms with van der Waals surface area (Å²) in [6, 6.07) is 10.7. The van der Waals surface area contributed by atoms with Crippen LogP contribution in [0.1, 0.15) is 29.9 Å². The summed E-state index contributed by atoms with van der Waals surface area (Å²) in [4.78, 5) is 16.2. The van der Waals surface area contributed by atoms with Crippen LogP contribution in [-0.4, -0.2) is 17.4 Å². The Labute approximate surface area is 144 Å². The van der Waals surface area contributed by atoms with Crippen molar-refractivity contribution < 1.29 is 4.79 Å². The third-order valence-electron chi connectivity index (χ3n) is 3.32. The number of nitrogens with zero attached hydrogens (tertiary/aromatic N) is 1. The lowest BCUT2D eigenvalue weighted by Gasteiger charge is -2.25. The van der Waals surface area contributed by atoms with Crippen molar-refractivity contribution in [2.45, 2.75) is 19.3 Å². The van der Waals surface area contributed by atoms with E-state index in [0.717, 1.165) is 5.56 Å². The highest BCUT2D eigenvalue weighted by Gasteiger charge is 2.23. The molecule has 1 amide bonds. The van der Waals surface area contributed by atoms with Crippen LogP contribution in [0.2, 0.25) is 15.2 Å². The van der Waals surface area contributed by atoms with Gasteiger partial charge >= 0.3 is 0 Å². The minimum atomic E-state index is -0.359. The highest BCUT2D eigenvalue weighted by Crippen LogP contribution is 2.25. The monoisotopic (exact) mass is 356 g/mol. The van der Waals surface area contributed by atoms with Crippen LogP contribution in [0.4, 0.5) is 0 Å². The zero-order chi connectivity index (χ0) is 16.3.